The van der Waals surface area contributed by atoms with Crippen molar-refractivity contribution in [3.8, 4) is 5.75 Å². The maximum atomic E-state index is 9.75. The van der Waals surface area contributed by atoms with Gasteiger partial charge in [-0.3, -0.25) is 0 Å². The van der Waals surface area contributed by atoms with E-state index in [2.05, 4.69) is 6.08 Å². The van der Waals surface area contributed by atoms with E-state index in [1.54, 1.807) is 12.1 Å². The third kappa shape index (κ3) is 1.93. The molecule has 1 aliphatic rings. The molecule has 0 spiro atoms. The van der Waals surface area contributed by atoms with Gasteiger partial charge in [-0.25, -0.2) is 0 Å². The van der Waals surface area contributed by atoms with Crippen molar-refractivity contribution in [2.75, 3.05) is 0 Å². The molecule has 0 saturated carbocycles. The Labute approximate surface area is 94.7 Å². The SMILES string of the molecule is CC1=CCC(Cl)(c2ccccc2O)C=C1. The van der Waals surface area contributed by atoms with Crippen molar-refractivity contribution in [1.82, 2.24) is 0 Å². The monoisotopic (exact) mass is 220 g/mol. The molecule has 0 heterocycles. The molecule has 1 N–H and O–H groups in total. The summed E-state index contributed by atoms with van der Waals surface area (Å²) < 4.78 is 0. The van der Waals surface area contributed by atoms with Crippen LogP contribution in [0.25, 0.3) is 0 Å². The first kappa shape index (κ1) is 10.3. The number of halogens is 1. The first-order valence-electron chi connectivity index (χ1n) is 4.95. The molecule has 78 valence electrons. The van der Waals surface area contributed by atoms with E-state index in [-0.39, 0.29) is 5.75 Å². The van der Waals surface area contributed by atoms with Crippen molar-refractivity contribution in [2.45, 2.75) is 18.2 Å². The Morgan fingerprint density at radius 2 is 2.07 bits per heavy atom. The summed E-state index contributed by atoms with van der Waals surface area (Å²) in [7, 11) is 0. The van der Waals surface area contributed by atoms with Gasteiger partial charge in [0.25, 0.3) is 0 Å². The van der Waals surface area contributed by atoms with Crippen LogP contribution in [-0.2, 0) is 4.87 Å². The van der Waals surface area contributed by atoms with Crippen LogP contribution in [0.5, 0.6) is 5.75 Å². The minimum absolute atomic E-state index is 0.255. The molecule has 2 rings (SSSR count). The van der Waals surface area contributed by atoms with Crippen molar-refractivity contribution < 1.29 is 5.11 Å². The zero-order valence-corrected chi connectivity index (χ0v) is 9.33. The molecule has 0 radical (unpaired) electrons. The van der Waals surface area contributed by atoms with Crippen molar-refractivity contribution in [2.24, 2.45) is 0 Å². The van der Waals surface area contributed by atoms with Crippen molar-refractivity contribution in [3.63, 3.8) is 0 Å². The second-order valence-corrected chi connectivity index (χ2v) is 4.54. The molecule has 1 nitrogen and oxygen atoms in total. The fourth-order valence-corrected chi connectivity index (χ4v) is 2.03. The van der Waals surface area contributed by atoms with Gasteiger partial charge in [0.2, 0.25) is 0 Å². The molecule has 15 heavy (non-hydrogen) atoms. The lowest BCUT2D eigenvalue weighted by atomic mass is 9.89. The van der Waals surface area contributed by atoms with Crippen LogP contribution in [-0.4, -0.2) is 5.11 Å². The minimum Gasteiger partial charge on any atom is -0.508 e. The van der Waals surface area contributed by atoms with Gasteiger partial charge in [-0.2, -0.15) is 0 Å². The standard InChI is InChI=1S/C13H13ClO/c1-10-6-8-13(14,9-7-10)11-4-2-3-5-12(11)15/h2-8,15H,9H2,1H3. The van der Waals surface area contributed by atoms with Crippen LogP contribution in [0.1, 0.15) is 18.9 Å². The maximum absolute atomic E-state index is 9.75. The lowest BCUT2D eigenvalue weighted by Crippen LogP contribution is -2.16. The van der Waals surface area contributed by atoms with E-state index < -0.39 is 4.87 Å². The average Bonchev–Trinajstić information content (AvgIpc) is 2.23. The van der Waals surface area contributed by atoms with E-state index in [1.165, 1.54) is 5.57 Å². The van der Waals surface area contributed by atoms with E-state index in [0.29, 0.717) is 6.42 Å². The molecule has 0 saturated heterocycles. The summed E-state index contributed by atoms with van der Waals surface area (Å²) in [5.74, 6) is 0.255. The normalized spacial score (nSPS) is 25.1. The summed E-state index contributed by atoms with van der Waals surface area (Å²) >= 11 is 6.48. The molecule has 1 aliphatic carbocycles. The quantitative estimate of drug-likeness (QED) is 0.715. The molecular weight excluding hydrogens is 208 g/mol. The number of allylic oxidation sites excluding steroid dienone is 4. The average molecular weight is 221 g/mol. The molecule has 2 heteroatoms. The van der Waals surface area contributed by atoms with Crippen LogP contribution in [0.2, 0.25) is 0 Å². The summed E-state index contributed by atoms with van der Waals surface area (Å²) in [4.78, 5) is -0.592. The van der Waals surface area contributed by atoms with E-state index in [9.17, 15) is 5.11 Å². The molecule has 1 aromatic rings. The van der Waals surface area contributed by atoms with Gasteiger partial charge in [0.05, 0.1) is 4.87 Å². The zero-order chi connectivity index (χ0) is 10.9. The van der Waals surface area contributed by atoms with Gasteiger partial charge < -0.3 is 5.11 Å². The smallest absolute Gasteiger partial charge is 0.120 e. The summed E-state index contributed by atoms with van der Waals surface area (Å²) in [6.07, 6.45) is 6.73. The van der Waals surface area contributed by atoms with Crippen LogP contribution in [0, 0.1) is 0 Å². The number of aromatic hydroxyl groups is 1. The highest BCUT2D eigenvalue weighted by Gasteiger charge is 2.29. The van der Waals surface area contributed by atoms with Gasteiger partial charge in [0.15, 0.2) is 0 Å². The van der Waals surface area contributed by atoms with E-state index in [0.717, 1.165) is 5.56 Å². The number of benzene rings is 1. The summed E-state index contributed by atoms with van der Waals surface area (Å²) in [6.45, 7) is 2.04. The fraction of sp³-hybridized carbons (Fsp3) is 0.231. The first-order valence-corrected chi connectivity index (χ1v) is 5.33. The third-order valence-electron chi connectivity index (χ3n) is 2.68. The van der Waals surface area contributed by atoms with Gasteiger partial charge in [-0.05, 0) is 19.4 Å². The molecule has 1 atom stereocenters. The lowest BCUT2D eigenvalue weighted by molar-refractivity contribution is 0.461. The van der Waals surface area contributed by atoms with Crippen molar-refractivity contribution >= 4 is 11.6 Å². The molecular formula is C13H13ClO. The van der Waals surface area contributed by atoms with Crippen LogP contribution >= 0.6 is 11.6 Å². The Kier molecular flexibility index (Phi) is 2.57. The molecule has 1 aromatic carbocycles. The highest BCUT2D eigenvalue weighted by atomic mass is 35.5. The van der Waals surface area contributed by atoms with E-state index in [1.807, 2.05) is 31.2 Å². The summed E-state index contributed by atoms with van der Waals surface area (Å²) in [6, 6.07) is 7.21. The number of rotatable bonds is 1. The van der Waals surface area contributed by atoms with Gasteiger partial charge in [0, 0.05) is 5.56 Å². The molecule has 1 unspecified atom stereocenters. The van der Waals surface area contributed by atoms with Crippen molar-refractivity contribution in [1.29, 1.82) is 0 Å². The summed E-state index contributed by atoms with van der Waals surface area (Å²) in [5, 5.41) is 9.75. The summed E-state index contributed by atoms with van der Waals surface area (Å²) in [5.41, 5.74) is 1.98. The Bertz CT molecular complexity index is 434. The number of phenols is 1. The second kappa shape index (κ2) is 3.74. The van der Waals surface area contributed by atoms with Gasteiger partial charge in [0.1, 0.15) is 5.75 Å². The van der Waals surface area contributed by atoms with Crippen LogP contribution in [0.15, 0.2) is 48.1 Å². The van der Waals surface area contributed by atoms with Crippen molar-refractivity contribution in [3.05, 3.63) is 53.6 Å². The molecule has 0 bridgehead atoms. The zero-order valence-electron chi connectivity index (χ0n) is 8.57. The number of para-hydroxylation sites is 1. The Morgan fingerprint density at radius 3 is 2.67 bits per heavy atom. The number of hydrogen-bond acceptors (Lipinski definition) is 1. The van der Waals surface area contributed by atoms with Crippen LogP contribution in [0.3, 0.4) is 0 Å². The van der Waals surface area contributed by atoms with Crippen LogP contribution < -0.4 is 0 Å². The third-order valence-corrected chi connectivity index (χ3v) is 3.17. The molecule has 0 aromatic heterocycles. The largest absolute Gasteiger partial charge is 0.508 e. The topological polar surface area (TPSA) is 20.2 Å². The van der Waals surface area contributed by atoms with Crippen LogP contribution in [0.4, 0.5) is 0 Å². The Hall–Kier alpha value is -1.21. The molecule has 0 fully saturated rings. The number of hydrogen-bond donors (Lipinski definition) is 1. The minimum atomic E-state index is -0.592. The molecule has 0 amide bonds. The lowest BCUT2D eigenvalue weighted by Gasteiger charge is -2.26. The molecule has 0 aliphatic heterocycles. The fourth-order valence-electron chi connectivity index (χ4n) is 1.73. The number of phenolic OH excluding ortho intramolecular Hbond substituents is 1. The predicted octanol–water partition coefficient (Wildman–Crippen LogP) is 3.73. The highest BCUT2D eigenvalue weighted by molar-refractivity contribution is 6.25. The van der Waals surface area contributed by atoms with Gasteiger partial charge >= 0.3 is 0 Å². The Balaban J connectivity index is 2.40. The predicted molar refractivity (Wildman–Crippen MR) is 63.2 cm³/mol. The maximum Gasteiger partial charge on any atom is 0.120 e. The number of alkyl halides is 1. The van der Waals surface area contributed by atoms with Gasteiger partial charge in [-0.1, -0.05) is 42.0 Å². The Morgan fingerprint density at radius 1 is 1.33 bits per heavy atom. The van der Waals surface area contributed by atoms with E-state index in [4.69, 9.17) is 11.6 Å². The van der Waals surface area contributed by atoms with E-state index >= 15 is 0 Å². The van der Waals surface area contributed by atoms with Gasteiger partial charge in [-0.15, -0.1) is 11.6 Å². The second-order valence-electron chi connectivity index (χ2n) is 3.87. The first-order chi connectivity index (χ1) is 7.12. The highest BCUT2D eigenvalue weighted by Crippen LogP contribution is 2.41.